The van der Waals surface area contributed by atoms with E-state index in [0.717, 1.165) is 17.2 Å². The molecule has 2 N–H and O–H groups in total. The van der Waals surface area contributed by atoms with E-state index in [4.69, 9.17) is 0 Å². The Morgan fingerprint density at radius 3 is 2.91 bits per heavy atom. The first-order valence-electron chi connectivity index (χ1n) is 8.20. The second kappa shape index (κ2) is 6.54. The molecule has 2 aliphatic carbocycles. The molecule has 5 nitrogen and oxygen atoms in total. The smallest absolute Gasteiger partial charge is 0.315 e. The molecule has 122 valence electrons. The van der Waals surface area contributed by atoms with Gasteiger partial charge >= 0.3 is 6.03 Å². The lowest BCUT2D eigenvalue weighted by Crippen LogP contribution is -2.38. The Morgan fingerprint density at radius 2 is 2.18 bits per heavy atom. The van der Waals surface area contributed by atoms with Gasteiger partial charge in [0.2, 0.25) is 0 Å². The van der Waals surface area contributed by atoms with E-state index in [9.17, 15) is 4.79 Å². The van der Waals surface area contributed by atoms with Gasteiger partial charge in [0.05, 0.1) is 12.2 Å². The lowest BCUT2D eigenvalue weighted by atomic mass is 9.86. The van der Waals surface area contributed by atoms with Crippen molar-refractivity contribution in [2.45, 2.75) is 57.7 Å². The molecule has 1 heterocycles. The number of thiazole rings is 1. The normalized spacial score (nSPS) is 22.8. The lowest BCUT2D eigenvalue weighted by Gasteiger charge is -2.22. The standard InChI is InChI=1S/C16H26N4OS/c1-20(2)10-12-11-22-14(18-12)9-17-15(21)19-13-8-16(13)6-4-3-5-7-16/h11,13H,3-10H2,1-2H3,(H2,17,19,21)/t13-/m0/s1. The van der Waals surface area contributed by atoms with Gasteiger partial charge in [-0.05, 0) is 38.8 Å². The van der Waals surface area contributed by atoms with Crippen LogP contribution in [0, 0.1) is 5.41 Å². The molecule has 1 atom stereocenters. The highest BCUT2D eigenvalue weighted by Crippen LogP contribution is 2.56. The topological polar surface area (TPSA) is 57.3 Å². The molecule has 22 heavy (non-hydrogen) atoms. The maximum atomic E-state index is 12.0. The summed E-state index contributed by atoms with van der Waals surface area (Å²) in [5.41, 5.74) is 1.51. The van der Waals surface area contributed by atoms with E-state index in [-0.39, 0.29) is 6.03 Å². The number of amides is 2. The first kappa shape index (κ1) is 15.7. The summed E-state index contributed by atoms with van der Waals surface area (Å²) >= 11 is 1.61. The Labute approximate surface area is 136 Å². The summed E-state index contributed by atoms with van der Waals surface area (Å²) in [6, 6.07) is 0.352. The van der Waals surface area contributed by atoms with Gasteiger partial charge in [-0.1, -0.05) is 19.3 Å². The van der Waals surface area contributed by atoms with Crippen LogP contribution in [0.1, 0.15) is 49.2 Å². The molecule has 3 rings (SSSR count). The largest absolute Gasteiger partial charge is 0.335 e. The van der Waals surface area contributed by atoms with Gasteiger partial charge in [0.25, 0.3) is 0 Å². The van der Waals surface area contributed by atoms with Gasteiger partial charge in [0, 0.05) is 18.0 Å². The van der Waals surface area contributed by atoms with Crippen LogP contribution < -0.4 is 10.6 Å². The van der Waals surface area contributed by atoms with Crippen molar-refractivity contribution in [2.75, 3.05) is 14.1 Å². The summed E-state index contributed by atoms with van der Waals surface area (Å²) in [6.07, 6.45) is 7.77. The van der Waals surface area contributed by atoms with Crippen LogP contribution in [0.25, 0.3) is 0 Å². The highest BCUT2D eigenvalue weighted by molar-refractivity contribution is 7.09. The second-order valence-electron chi connectivity index (χ2n) is 6.98. The van der Waals surface area contributed by atoms with E-state index >= 15 is 0 Å². The number of nitrogens with one attached hydrogen (secondary N) is 2. The Bertz CT molecular complexity index is 522. The Kier molecular flexibility index (Phi) is 4.68. The second-order valence-corrected chi connectivity index (χ2v) is 7.92. The van der Waals surface area contributed by atoms with E-state index in [1.807, 2.05) is 14.1 Å². The van der Waals surface area contributed by atoms with Crippen LogP contribution in [-0.4, -0.2) is 36.1 Å². The molecule has 1 aromatic heterocycles. The minimum atomic E-state index is -0.0446. The number of carbonyl (C=O) groups excluding carboxylic acids is 1. The number of aromatic nitrogens is 1. The van der Waals surface area contributed by atoms with Crippen molar-refractivity contribution in [3.8, 4) is 0 Å². The summed E-state index contributed by atoms with van der Waals surface area (Å²) < 4.78 is 0. The number of hydrogen-bond acceptors (Lipinski definition) is 4. The van der Waals surface area contributed by atoms with Crippen LogP contribution in [0.3, 0.4) is 0 Å². The molecule has 1 spiro atoms. The minimum absolute atomic E-state index is 0.0446. The Hall–Kier alpha value is -1.14. The van der Waals surface area contributed by atoms with Crippen LogP contribution in [-0.2, 0) is 13.1 Å². The SMILES string of the molecule is CN(C)Cc1csc(CNC(=O)N[C@H]2CC23CCCCC3)n1. The zero-order valence-electron chi connectivity index (χ0n) is 13.5. The molecule has 0 aromatic carbocycles. The molecule has 0 bridgehead atoms. The van der Waals surface area contributed by atoms with Gasteiger partial charge < -0.3 is 15.5 Å². The summed E-state index contributed by atoms with van der Waals surface area (Å²) in [5, 5.41) is 9.12. The van der Waals surface area contributed by atoms with Crippen molar-refractivity contribution in [3.63, 3.8) is 0 Å². The number of urea groups is 1. The third-order valence-corrected chi connectivity index (χ3v) is 5.72. The average molecular weight is 322 g/mol. The van der Waals surface area contributed by atoms with Crippen LogP contribution in [0.2, 0.25) is 0 Å². The monoisotopic (exact) mass is 322 g/mol. The van der Waals surface area contributed by atoms with Crippen molar-refractivity contribution in [2.24, 2.45) is 5.41 Å². The fourth-order valence-corrected chi connectivity index (χ4v) is 4.28. The fourth-order valence-electron chi connectivity index (χ4n) is 3.55. The first-order chi connectivity index (χ1) is 10.6. The highest BCUT2D eigenvalue weighted by Gasteiger charge is 2.54. The quantitative estimate of drug-likeness (QED) is 0.876. The van der Waals surface area contributed by atoms with Crippen molar-refractivity contribution in [1.82, 2.24) is 20.5 Å². The molecule has 0 aliphatic heterocycles. The van der Waals surface area contributed by atoms with Crippen molar-refractivity contribution >= 4 is 17.4 Å². The zero-order chi connectivity index (χ0) is 15.6. The molecular formula is C16H26N4OS. The van der Waals surface area contributed by atoms with E-state index < -0.39 is 0 Å². The van der Waals surface area contributed by atoms with E-state index in [1.54, 1.807) is 11.3 Å². The first-order valence-corrected chi connectivity index (χ1v) is 9.08. The molecule has 0 radical (unpaired) electrons. The maximum Gasteiger partial charge on any atom is 0.315 e. The van der Waals surface area contributed by atoms with Crippen molar-refractivity contribution < 1.29 is 4.79 Å². The molecule has 0 unspecified atom stereocenters. The van der Waals surface area contributed by atoms with Gasteiger partial charge in [-0.15, -0.1) is 11.3 Å². The zero-order valence-corrected chi connectivity index (χ0v) is 14.3. The van der Waals surface area contributed by atoms with Crippen molar-refractivity contribution in [1.29, 1.82) is 0 Å². The van der Waals surface area contributed by atoms with Crippen LogP contribution in [0.5, 0.6) is 0 Å². The predicted molar refractivity (Wildman–Crippen MR) is 88.8 cm³/mol. The van der Waals surface area contributed by atoms with Gasteiger partial charge in [-0.2, -0.15) is 0 Å². The molecule has 2 amide bonds. The number of nitrogens with zero attached hydrogens (tertiary/aromatic N) is 2. The van der Waals surface area contributed by atoms with Gasteiger partial charge in [-0.3, -0.25) is 0 Å². The molecule has 2 saturated carbocycles. The molecule has 2 aliphatic rings. The molecular weight excluding hydrogens is 296 g/mol. The van der Waals surface area contributed by atoms with E-state index in [1.165, 1.54) is 38.5 Å². The third-order valence-electron chi connectivity index (χ3n) is 4.82. The summed E-state index contributed by atoms with van der Waals surface area (Å²) in [6.45, 7) is 1.36. The highest BCUT2D eigenvalue weighted by atomic mass is 32.1. The third kappa shape index (κ3) is 3.79. The van der Waals surface area contributed by atoms with Gasteiger partial charge in [-0.25, -0.2) is 9.78 Å². The average Bonchev–Trinajstić information content (AvgIpc) is 2.93. The molecule has 2 fully saturated rings. The Balaban J connectivity index is 1.40. The molecule has 0 saturated heterocycles. The number of rotatable bonds is 5. The Morgan fingerprint density at radius 1 is 1.41 bits per heavy atom. The van der Waals surface area contributed by atoms with Gasteiger partial charge in [0.15, 0.2) is 0 Å². The summed E-state index contributed by atoms with van der Waals surface area (Å²) in [4.78, 5) is 18.7. The van der Waals surface area contributed by atoms with E-state index in [2.05, 4.69) is 25.9 Å². The minimum Gasteiger partial charge on any atom is -0.335 e. The van der Waals surface area contributed by atoms with Crippen LogP contribution in [0.4, 0.5) is 4.79 Å². The summed E-state index contributed by atoms with van der Waals surface area (Å²) in [7, 11) is 4.06. The lowest BCUT2D eigenvalue weighted by molar-refractivity contribution is 0.235. The maximum absolute atomic E-state index is 12.0. The summed E-state index contributed by atoms with van der Waals surface area (Å²) in [5.74, 6) is 0. The molecule has 6 heteroatoms. The van der Waals surface area contributed by atoms with Crippen LogP contribution in [0.15, 0.2) is 5.38 Å². The van der Waals surface area contributed by atoms with Gasteiger partial charge in [0.1, 0.15) is 5.01 Å². The van der Waals surface area contributed by atoms with Crippen molar-refractivity contribution in [3.05, 3.63) is 16.1 Å². The van der Waals surface area contributed by atoms with Crippen LogP contribution >= 0.6 is 11.3 Å². The van der Waals surface area contributed by atoms with E-state index in [0.29, 0.717) is 18.0 Å². The predicted octanol–water partition coefficient (Wildman–Crippen LogP) is 2.73. The fraction of sp³-hybridized carbons (Fsp3) is 0.750. The molecule has 1 aromatic rings. The number of carbonyl (C=O) groups is 1. The number of hydrogen-bond donors (Lipinski definition) is 2.